The van der Waals surface area contributed by atoms with Gasteiger partial charge in [0.15, 0.2) is 25.1 Å². The third kappa shape index (κ3) is 8.05. The molecule has 0 aromatic carbocycles. The first-order valence-electron chi connectivity index (χ1n) is 7.83. The van der Waals surface area contributed by atoms with Crippen molar-refractivity contribution in [2.24, 2.45) is 0 Å². The van der Waals surface area contributed by atoms with E-state index in [1.54, 1.807) is 6.92 Å². The van der Waals surface area contributed by atoms with E-state index in [0.29, 0.717) is 6.29 Å². The smallest absolute Gasteiger partial charge is 0.347 e. The van der Waals surface area contributed by atoms with Crippen molar-refractivity contribution in [1.29, 1.82) is 0 Å². The SMILES string of the molecule is CCC(C)(CC)OC(C)C(=O)OC(C)C(=O)OCC(=O)OCC=O. The van der Waals surface area contributed by atoms with Crippen molar-refractivity contribution in [2.45, 2.75) is 65.3 Å². The molecule has 0 amide bonds. The zero-order chi connectivity index (χ0) is 18.8. The van der Waals surface area contributed by atoms with Gasteiger partial charge in [-0.15, -0.1) is 0 Å². The van der Waals surface area contributed by atoms with Crippen molar-refractivity contribution in [3.63, 3.8) is 0 Å². The fourth-order valence-electron chi connectivity index (χ4n) is 1.63. The molecule has 0 aromatic heterocycles. The van der Waals surface area contributed by atoms with Crippen LogP contribution >= 0.6 is 0 Å². The Morgan fingerprint density at radius 1 is 1.00 bits per heavy atom. The quantitative estimate of drug-likeness (QED) is 0.312. The highest BCUT2D eigenvalue weighted by molar-refractivity contribution is 5.82. The van der Waals surface area contributed by atoms with Gasteiger partial charge in [-0.1, -0.05) is 13.8 Å². The number of carbonyl (C=O) groups excluding carboxylic acids is 4. The van der Waals surface area contributed by atoms with E-state index in [1.165, 1.54) is 6.92 Å². The Balaban J connectivity index is 4.35. The Kier molecular flexibility index (Phi) is 9.87. The van der Waals surface area contributed by atoms with Crippen molar-refractivity contribution in [3.8, 4) is 0 Å². The number of aldehydes is 1. The van der Waals surface area contributed by atoms with Crippen molar-refractivity contribution >= 4 is 24.2 Å². The molecular formula is C16H26O8. The summed E-state index contributed by atoms with van der Waals surface area (Å²) in [6.07, 6.45) is -0.200. The molecule has 0 saturated carbocycles. The van der Waals surface area contributed by atoms with Crippen LogP contribution in [0.15, 0.2) is 0 Å². The molecule has 0 saturated heterocycles. The standard InChI is InChI=1S/C16H26O8/c1-6-16(5,7-2)24-12(4)15(20)23-11(3)14(19)22-10-13(18)21-9-8-17/h8,11-12H,6-7,9-10H2,1-5H3. The van der Waals surface area contributed by atoms with E-state index in [1.807, 2.05) is 20.8 Å². The number of rotatable bonds is 11. The first-order valence-corrected chi connectivity index (χ1v) is 7.83. The topological polar surface area (TPSA) is 105 Å². The van der Waals surface area contributed by atoms with Crippen molar-refractivity contribution < 1.29 is 38.1 Å². The summed E-state index contributed by atoms with van der Waals surface area (Å²) >= 11 is 0. The summed E-state index contributed by atoms with van der Waals surface area (Å²) in [4.78, 5) is 44.7. The highest BCUT2D eigenvalue weighted by atomic mass is 16.6. The summed E-state index contributed by atoms with van der Waals surface area (Å²) in [6, 6.07) is 0. The van der Waals surface area contributed by atoms with Gasteiger partial charge in [0.2, 0.25) is 0 Å². The summed E-state index contributed by atoms with van der Waals surface area (Å²) in [5.74, 6) is -2.46. The van der Waals surface area contributed by atoms with Crippen LogP contribution in [0.5, 0.6) is 0 Å². The minimum atomic E-state index is -1.20. The molecule has 0 bridgehead atoms. The minimum absolute atomic E-state index is 0.395. The number of ether oxygens (including phenoxy) is 4. The molecule has 0 aliphatic rings. The van der Waals surface area contributed by atoms with Crippen LogP contribution in [0.1, 0.15) is 47.5 Å². The molecule has 8 nitrogen and oxygen atoms in total. The van der Waals surface area contributed by atoms with Gasteiger partial charge < -0.3 is 18.9 Å². The Bertz CT molecular complexity index is 441. The molecule has 138 valence electrons. The highest BCUT2D eigenvalue weighted by Crippen LogP contribution is 2.22. The molecule has 8 heteroatoms. The lowest BCUT2D eigenvalue weighted by Crippen LogP contribution is -2.38. The maximum Gasteiger partial charge on any atom is 0.347 e. The Hall–Kier alpha value is -1.96. The van der Waals surface area contributed by atoms with Gasteiger partial charge in [-0.25, -0.2) is 14.4 Å². The molecule has 0 aliphatic heterocycles. The van der Waals surface area contributed by atoms with Crippen LogP contribution in [0.2, 0.25) is 0 Å². The molecule has 24 heavy (non-hydrogen) atoms. The largest absolute Gasteiger partial charge is 0.455 e. The average Bonchev–Trinajstić information content (AvgIpc) is 2.57. The zero-order valence-electron chi connectivity index (χ0n) is 14.8. The average molecular weight is 346 g/mol. The zero-order valence-corrected chi connectivity index (χ0v) is 14.8. The van der Waals surface area contributed by atoms with Gasteiger partial charge in [0.1, 0.15) is 6.61 Å². The summed E-state index contributed by atoms with van der Waals surface area (Å²) in [7, 11) is 0. The lowest BCUT2D eigenvalue weighted by atomic mass is 10.00. The molecule has 0 rings (SSSR count). The number of esters is 3. The minimum Gasteiger partial charge on any atom is -0.455 e. The summed E-state index contributed by atoms with van der Waals surface area (Å²) in [5.41, 5.74) is -0.454. The molecule has 2 unspecified atom stereocenters. The maximum atomic E-state index is 12.0. The van der Waals surface area contributed by atoms with Gasteiger partial charge in [-0.3, -0.25) is 4.79 Å². The van der Waals surface area contributed by atoms with Crippen LogP contribution in [-0.4, -0.2) is 55.2 Å². The van der Waals surface area contributed by atoms with Crippen LogP contribution < -0.4 is 0 Å². The molecule has 2 atom stereocenters. The molecule has 0 aliphatic carbocycles. The lowest BCUT2D eigenvalue weighted by molar-refractivity contribution is -0.181. The molecule has 0 heterocycles. The number of carbonyl (C=O) groups is 4. The van der Waals surface area contributed by atoms with Crippen LogP contribution in [0.4, 0.5) is 0 Å². The van der Waals surface area contributed by atoms with E-state index in [2.05, 4.69) is 9.47 Å². The maximum absolute atomic E-state index is 12.0. The van der Waals surface area contributed by atoms with Crippen LogP contribution in [0.3, 0.4) is 0 Å². The molecule has 0 fully saturated rings. The first kappa shape index (κ1) is 22.0. The normalized spacial score (nSPS) is 13.5. The van der Waals surface area contributed by atoms with Crippen LogP contribution in [0.25, 0.3) is 0 Å². The third-order valence-electron chi connectivity index (χ3n) is 3.56. The molecule has 0 radical (unpaired) electrons. The summed E-state index contributed by atoms with van der Waals surface area (Å²) in [6.45, 7) is 7.58. The second kappa shape index (κ2) is 10.7. The van der Waals surface area contributed by atoms with Gasteiger partial charge in [0.05, 0.1) is 5.60 Å². The lowest BCUT2D eigenvalue weighted by Gasteiger charge is -2.30. The van der Waals surface area contributed by atoms with E-state index in [9.17, 15) is 19.2 Å². The molecular weight excluding hydrogens is 320 g/mol. The third-order valence-corrected chi connectivity index (χ3v) is 3.56. The van der Waals surface area contributed by atoms with Gasteiger partial charge in [-0.05, 0) is 33.6 Å². The van der Waals surface area contributed by atoms with Crippen molar-refractivity contribution in [1.82, 2.24) is 0 Å². The predicted molar refractivity (Wildman–Crippen MR) is 83.1 cm³/mol. The van der Waals surface area contributed by atoms with Crippen LogP contribution in [-0.2, 0) is 38.1 Å². The Labute approximate surface area is 141 Å². The summed E-state index contributed by atoms with van der Waals surface area (Å²) in [5, 5.41) is 0. The van der Waals surface area contributed by atoms with Gasteiger partial charge in [-0.2, -0.15) is 0 Å². The molecule has 0 spiro atoms. The van der Waals surface area contributed by atoms with E-state index < -0.39 is 48.9 Å². The second-order valence-corrected chi connectivity index (χ2v) is 5.45. The van der Waals surface area contributed by atoms with E-state index in [4.69, 9.17) is 9.47 Å². The van der Waals surface area contributed by atoms with E-state index in [-0.39, 0.29) is 0 Å². The van der Waals surface area contributed by atoms with Gasteiger partial charge >= 0.3 is 17.9 Å². The predicted octanol–water partition coefficient (Wildman–Crippen LogP) is 1.19. The molecule has 0 N–H and O–H groups in total. The molecule has 0 aromatic rings. The fourth-order valence-corrected chi connectivity index (χ4v) is 1.63. The summed E-state index contributed by atoms with van der Waals surface area (Å²) < 4.78 is 19.7. The van der Waals surface area contributed by atoms with Crippen LogP contribution in [0, 0.1) is 0 Å². The Morgan fingerprint density at radius 3 is 2.08 bits per heavy atom. The fraction of sp³-hybridized carbons (Fsp3) is 0.750. The first-order chi connectivity index (χ1) is 11.2. The number of hydrogen-bond acceptors (Lipinski definition) is 8. The van der Waals surface area contributed by atoms with E-state index in [0.717, 1.165) is 12.8 Å². The van der Waals surface area contributed by atoms with Crippen molar-refractivity contribution in [3.05, 3.63) is 0 Å². The van der Waals surface area contributed by atoms with Crippen molar-refractivity contribution in [2.75, 3.05) is 13.2 Å². The highest BCUT2D eigenvalue weighted by Gasteiger charge is 2.30. The monoisotopic (exact) mass is 346 g/mol. The van der Waals surface area contributed by atoms with Gasteiger partial charge in [0.25, 0.3) is 0 Å². The number of hydrogen-bond donors (Lipinski definition) is 0. The van der Waals surface area contributed by atoms with Gasteiger partial charge in [0, 0.05) is 0 Å². The Morgan fingerprint density at radius 2 is 1.58 bits per heavy atom. The van der Waals surface area contributed by atoms with E-state index >= 15 is 0 Å². The second-order valence-electron chi connectivity index (χ2n) is 5.45.